The van der Waals surface area contributed by atoms with Gasteiger partial charge in [-0.15, -0.1) is 0 Å². The van der Waals surface area contributed by atoms with Gasteiger partial charge in [-0.05, 0) is 42.8 Å². The minimum Gasteiger partial charge on any atom is -0.480 e. The highest BCUT2D eigenvalue weighted by Crippen LogP contribution is 2.20. The Labute approximate surface area is 172 Å². The number of rotatable bonds is 7. The Hall–Kier alpha value is -3.95. The minimum absolute atomic E-state index is 0.101. The summed E-state index contributed by atoms with van der Waals surface area (Å²) in [7, 11) is 1.89. The SMILES string of the molecule is CCC(NC(=O)c1ccc(N(C)Cc2ccc3nc(N)nc(N)c3n2)cc1)C(=O)O. The molecule has 1 atom stereocenters. The number of hydrogen-bond donors (Lipinski definition) is 4. The fourth-order valence-electron chi connectivity index (χ4n) is 2.97. The van der Waals surface area contributed by atoms with Crippen LogP contribution in [0.15, 0.2) is 36.4 Å². The standard InChI is InChI=1S/C20H23N7O3/c1-3-14(19(29)30)24-18(28)11-4-7-13(8-5-11)27(2)10-12-6-9-15-16(23-12)17(21)26-20(22)25-15/h4-9,14H,3,10H2,1-2H3,(H,24,28)(H,29,30)(H4,21,22,25,26). The molecular formula is C20H23N7O3. The summed E-state index contributed by atoms with van der Waals surface area (Å²) in [4.78, 5) is 37.9. The van der Waals surface area contributed by atoms with Gasteiger partial charge in [0.05, 0.1) is 17.8 Å². The Bertz CT molecular complexity index is 1090. The normalized spacial score (nSPS) is 11.8. The Morgan fingerprint density at radius 3 is 2.43 bits per heavy atom. The Balaban J connectivity index is 1.71. The van der Waals surface area contributed by atoms with Crippen LogP contribution in [0.5, 0.6) is 0 Å². The van der Waals surface area contributed by atoms with Crippen LogP contribution in [0, 0.1) is 0 Å². The van der Waals surface area contributed by atoms with Crippen molar-refractivity contribution in [2.24, 2.45) is 0 Å². The second-order valence-electron chi connectivity index (χ2n) is 6.81. The van der Waals surface area contributed by atoms with Gasteiger partial charge in [0, 0.05) is 18.3 Å². The summed E-state index contributed by atoms with van der Waals surface area (Å²) in [5.74, 6) is -1.16. The second-order valence-corrected chi connectivity index (χ2v) is 6.81. The van der Waals surface area contributed by atoms with Gasteiger partial charge in [0.1, 0.15) is 11.6 Å². The number of nitrogens with zero attached hydrogens (tertiary/aromatic N) is 4. The summed E-state index contributed by atoms with van der Waals surface area (Å²) in [6, 6.07) is 9.59. The number of carboxylic acid groups (broad SMARTS) is 1. The molecule has 3 rings (SSSR count). The van der Waals surface area contributed by atoms with E-state index in [1.807, 2.05) is 18.0 Å². The molecule has 0 radical (unpaired) electrons. The molecule has 0 saturated carbocycles. The average molecular weight is 409 g/mol. The molecule has 6 N–H and O–H groups in total. The van der Waals surface area contributed by atoms with Crippen LogP contribution in [-0.2, 0) is 11.3 Å². The van der Waals surface area contributed by atoms with E-state index < -0.39 is 17.9 Å². The summed E-state index contributed by atoms with van der Waals surface area (Å²) >= 11 is 0. The van der Waals surface area contributed by atoms with Crippen LogP contribution in [0.4, 0.5) is 17.5 Å². The Morgan fingerprint density at radius 1 is 1.10 bits per heavy atom. The molecule has 2 aromatic heterocycles. The monoisotopic (exact) mass is 409 g/mol. The number of carboxylic acids is 1. The van der Waals surface area contributed by atoms with E-state index in [0.29, 0.717) is 29.6 Å². The summed E-state index contributed by atoms with van der Waals surface area (Å²) in [6.45, 7) is 2.19. The lowest BCUT2D eigenvalue weighted by atomic mass is 10.1. The summed E-state index contributed by atoms with van der Waals surface area (Å²) < 4.78 is 0. The second kappa shape index (κ2) is 8.60. The molecule has 0 aliphatic heterocycles. The van der Waals surface area contributed by atoms with Gasteiger partial charge >= 0.3 is 5.97 Å². The number of benzene rings is 1. The van der Waals surface area contributed by atoms with E-state index in [0.717, 1.165) is 11.4 Å². The number of anilines is 3. The first kappa shape index (κ1) is 20.8. The van der Waals surface area contributed by atoms with Crippen molar-refractivity contribution in [3.8, 4) is 0 Å². The zero-order valence-corrected chi connectivity index (χ0v) is 16.7. The van der Waals surface area contributed by atoms with Crippen molar-refractivity contribution in [2.75, 3.05) is 23.4 Å². The highest BCUT2D eigenvalue weighted by Gasteiger charge is 2.18. The Morgan fingerprint density at radius 2 is 1.80 bits per heavy atom. The molecule has 0 aliphatic rings. The zero-order valence-electron chi connectivity index (χ0n) is 16.7. The highest BCUT2D eigenvalue weighted by molar-refractivity contribution is 5.96. The number of nitrogen functional groups attached to an aromatic ring is 2. The lowest BCUT2D eigenvalue weighted by Gasteiger charge is -2.19. The lowest BCUT2D eigenvalue weighted by molar-refractivity contribution is -0.139. The number of aliphatic carboxylic acids is 1. The van der Waals surface area contributed by atoms with Gasteiger partial charge in [-0.2, -0.15) is 4.98 Å². The van der Waals surface area contributed by atoms with Gasteiger partial charge in [0.25, 0.3) is 5.91 Å². The Kier molecular flexibility index (Phi) is 5.95. The molecule has 0 bridgehead atoms. The predicted octanol–water partition coefficient (Wildman–Crippen LogP) is 1.42. The van der Waals surface area contributed by atoms with E-state index >= 15 is 0 Å². The molecule has 10 heteroatoms. The molecule has 0 saturated heterocycles. The molecule has 3 aromatic rings. The maximum absolute atomic E-state index is 12.2. The van der Waals surface area contributed by atoms with Crippen molar-refractivity contribution in [3.63, 3.8) is 0 Å². The van der Waals surface area contributed by atoms with Gasteiger partial charge in [0.15, 0.2) is 5.82 Å². The van der Waals surface area contributed by atoms with E-state index in [2.05, 4.69) is 20.3 Å². The average Bonchev–Trinajstić information content (AvgIpc) is 2.72. The van der Waals surface area contributed by atoms with Crippen molar-refractivity contribution in [2.45, 2.75) is 25.9 Å². The third-order valence-corrected chi connectivity index (χ3v) is 4.63. The third kappa shape index (κ3) is 4.54. The number of pyridine rings is 1. The van der Waals surface area contributed by atoms with E-state index in [9.17, 15) is 9.59 Å². The zero-order chi connectivity index (χ0) is 21.8. The molecule has 1 aromatic carbocycles. The van der Waals surface area contributed by atoms with Gasteiger partial charge in [-0.25, -0.2) is 14.8 Å². The first-order chi connectivity index (χ1) is 14.3. The number of nitrogens with one attached hydrogen (secondary N) is 1. The number of carbonyl (C=O) groups is 2. The van der Waals surface area contributed by atoms with E-state index in [-0.39, 0.29) is 11.8 Å². The number of amides is 1. The molecule has 0 fully saturated rings. The van der Waals surface area contributed by atoms with Crippen LogP contribution in [0.1, 0.15) is 29.4 Å². The van der Waals surface area contributed by atoms with Crippen LogP contribution in [0.25, 0.3) is 11.0 Å². The fraction of sp³-hybridized carbons (Fsp3) is 0.250. The summed E-state index contributed by atoms with van der Waals surface area (Å²) in [5, 5.41) is 11.6. The van der Waals surface area contributed by atoms with Crippen molar-refractivity contribution in [3.05, 3.63) is 47.7 Å². The smallest absolute Gasteiger partial charge is 0.326 e. The van der Waals surface area contributed by atoms with Gasteiger partial charge in [-0.1, -0.05) is 6.92 Å². The minimum atomic E-state index is -1.06. The number of aromatic nitrogens is 3. The van der Waals surface area contributed by atoms with Crippen LogP contribution in [0.3, 0.4) is 0 Å². The van der Waals surface area contributed by atoms with Crippen LogP contribution in [0.2, 0.25) is 0 Å². The summed E-state index contributed by atoms with van der Waals surface area (Å²) in [5.41, 5.74) is 14.6. The number of carbonyl (C=O) groups excluding carboxylic acids is 1. The van der Waals surface area contributed by atoms with Crippen LogP contribution < -0.4 is 21.7 Å². The predicted molar refractivity (Wildman–Crippen MR) is 114 cm³/mol. The maximum atomic E-state index is 12.2. The molecule has 30 heavy (non-hydrogen) atoms. The topological polar surface area (TPSA) is 160 Å². The van der Waals surface area contributed by atoms with E-state index in [1.54, 1.807) is 37.3 Å². The van der Waals surface area contributed by atoms with Crippen LogP contribution >= 0.6 is 0 Å². The van der Waals surface area contributed by atoms with Gasteiger partial charge in [-0.3, -0.25) is 4.79 Å². The molecule has 10 nitrogen and oxygen atoms in total. The molecule has 0 aliphatic carbocycles. The van der Waals surface area contributed by atoms with Crippen molar-refractivity contribution in [1.29, 1.82) is 0 Å². The molecule has 0 spiro atoms. The van der Waals surface area contributed by atoms with Crippen molar-refractivity contribution >= 4 is 40.4 Å². The largest absolute Gasteiger partial charge is 0.480 e. The first-order valence-electron chi connectivity index (χ1n) is 9.32. The molecule has 1 amide bonds. The molecule has 1 unspecified atom stereocenters. The number of fused-ring (bicyclic) bond motifs is 1. The van der Waals surface area contributed by atoms with Crippen molar-refractivity contribution < 1.29 is 14.7 Å². The summed E-state index contributed by atoms with van der Waals surface area (Å²) in [6.07, 6.45) is 0.308. The quantitative estimate of drug-likeness (QED) is 0.452. The number of nitrogens with two attached hydrogens (primary N) is 2. The van der Waals surface area contributed by atoms with E-state index in [4.69, 9.17) is 16.6 Å². The van der Waals surface area contributed by atoms with E-state index in [1.165, 1.54) is 0 Å². The van der Waals surface area contributed by atoms with Crippen molar-refractivity contribution in [1.82, 2.24) is 20.3 Å². The third-order valence-electron chi connectivity index (χ3n) is 4.63. The molecule has 2 heterocycles. The lowest BCUT2D eigenvalue weighted by Crippen LogP contribution is -2.40. The molecule has 156 valence electrons. The number of hydrogen-bond acceptors (Lipinski definition) is 8. The van der Waals surface area contributed by atoms with Gasteiger partial charge < -0.3 is 26.8 Å². The van der Waals surface area contributed by atoms with Crippen LogP contribution in [-0.4, -0.2) is 45.0 Å². The molecular weight excluding hydrogens is 386 g/mol. The van der Waals surface area contributed by atoms with Gasteiger partial charge in [0.2, 0.25) is 5.95 Å². The highest BCUT2D eigenvalue weighted by atomic mass is 16.4. The maximum Gasteiger partial charge on any atom is 0.326 e. The first-order valence-corrected chi connectivity index (χ1v) is 9.32. The fourth-order valence-corrected chi connectivity index (χ4v) is 2.97.